The molecule has 21 heavy (non-hydrogen) atoms. The number of nitrogens with one attached hydrogen (secondary N) is 1. The van der Waals surface area contributed by atoms with E-state index in [2.05, 4.69) is 5.32 Å². The summed E-state index contributed by atoms with van der Waals surface area (Å²) >= 11 is 1.40. The van der Waals surface area contributed by atoms with Crippen LogP contribution >= 0.6 is 11.3 Å². The van der Waals surface area contributed by atoms with E-state index in [0.717, 1.165) is 25.4 Å². The van der Waals surface area contributed by atoms with Gasteiger partial charge < -0.3 is 10.2 Å². The molecule has 114 valence electrons. The summed E-state index contributed by atoms with van der Waals surface area (Å²) in [5.41, 5.74) is 0. The van der Waals surface area contributed by atoms with E-state index >= 15 is 0 Å². The van der Waals surface area contributed by atoms with Crippen LogP contribution in [0.4, 0.5) is 0 Å². The van der Waals surface area contributed by atoms with E-state index in [4.69, 9.17) is 0 Å². The molecule has 0 spiro atoms. The molecule has 4 nitrogen and oxygen atoms in total. The van der Waals surface area contributed by atoms with Gasteiger partial charge >= 0.3 is 0 Å². The third-order valence-electron chi connectivity index (χ3n) is 4.79. The number of fused-ring (bicyclic) bond motifs is 1. The number of hydrogen-bond acceptors (Lipinski definition) is 3. The fourth-order valence-electron chi connectivity index (χ4n) is 3.59. The average molecular weight is 306 g/mol. The van der Waals surface area contributed by atoms with Crippen molar-refractivity contribution in [1.82, 2.24) is 10.2 Å². The van der Waals surface area contributed by atoms with E-state index < -0.39 is 0 Å². The molecule has 2 aliphatic rings. The van der Waals surface area contributed by atoms with Crippen LogP contribution in [0.3, 0.4) is 0 Å². The van der Waals surface area contributed by atoms with Crippen molar-refractivity contribution < 1.29 is 9.59 Å². The second-order valence-electron chi connectivity index (χ2n) is 6.09. The number of likely N-dealkylation sites (tertiary alicyclic amines) is 1. The Labute approximate surface area is 129 Å². The summed E-state index contributed by atoms with van der Waals surface area (Å²) in [5, 5.41) is 4.60. The highest BCUT2D eigenvalue weighted by atomic mass is 32.1. The van der Waals surface area contributed by atoms with Crippen molar-refractivity contribution in [1.29, 1.82) is 0 Å². The van der Waals surface area contributed by atoms with Crippen LogP contribution in [-0.4, -0.2) is 36.3 Å². The molecule has 0 radical (unpaired) electrons. The second kappa shape index (κ2) is 6.60. The first kappa shape index (κ1) is 14.6. The smallest absolute Gasteiger partial charge is 0.261 e. The molecule has 2 amide bonds. The molecule has 1 aliphatic heterocycles. The number of carbonyl (C=O) groups excluding carboxylic acids is 2. The van der Waals surface area contributed by atoms with Crippen LogP contribution in [-0.2, 0) is 4.79 Å². The highest BCUT2D eigenvalue weighted by Gasteiger charge is 2.32. The molecule has 5 heteroatoms. The molecule has 1 saturated heterocycles. The van der Waals surface area contributed by atoms with Gasteiger partial charge in [0.05, 0.1) is 11.4 Å². The van der Waals surface area contributed by atoms with Crippen LogP contribution in [0.5, 0.6) is 0 Å². The molecule has 1 N–H and O–H groups in total. The Bertz CT molecular complexity index is 500. The molecule has 3 rings (SSSR count). The maximum atomic E-state index is 12.3. The second-order valence-corrected chi connectivity index (χ2v) is 7.04. The Morgan fingerprint density at radius 3 is 2.81 bits per heavy atom. The summed E-state index contributed by atoms with van der Waals surface area (Å²) < 4.78 is 0. The van der Waals surface area contributed by atoms with E-state index in [1.54, 1.807) is 6.07 Å². The lowest BCUT2D eigenvalue weighted by atomic mass is 9.75. The van der Waals surface area contributed by atoms with Gasteiger partial charge in [-0.25, -0.2) is 0 Å². The first-order valence-electron chi connectivity index (χ1n) is 7.83. The van der Waals surface area contributed by atoms with E-state index in [0.29, 0.717) is 10.8 Å². The zero-order chi connectivity index (χ0) is 14.7. The standard InChI is InChI=1S/C16H22N2O2S/c19-15(10-17-16(20)14-6-3-9-21-14)18-8-7-12-4-1-2-5-13(12)11-18/h3,6,9,12-13H,1-2,4-5,7-8,10-11H2,(H,17,20)/t12-,13-/m1/s1. The third kappa shape index (κ3) is 3.46. The van der Waals surface area contributed by atoms with Gasteiger partial charge in [0.15, 0.2) is 0 Å². The van der Waals surface area contributed by atoms with E-state index in [1.165, 1.54) is 37.0 Å². The van der Waals surface area contributed by atoms with Crippen molar-refractivity contribution in [3.05, 3.63) is 22.4 Å². The van der Waals surface area contributed by atoms with E-state index in [-0.39, 0.29) is 18.4 Å². The van der Waals surface area contributed by atoms with Crippen LogP contribution in [0, 0.1) is 11.8 Å². The zero-order valence-electron chi connectivity index (χ0n) is 12.2. The Morgan fingerprint density at radius 1 is 1.24 bits per heavy atom. The Morgan fingerprint density at radius 2 is 2.05 bits per heavy atom. The largest absolute Gasteiger partial charge is 0.342 e. The van der Waals surface area contributed by atoms with Crippen LogP contribution in [0.25, 0.3) is 0 Å². The number of carbonyl (C=O) groups is 2. The highest BCUT2D eigenvalue weighted by Crippen LogP contribution is 2.35. The van der Waals surface area contributed by atoms with E-state index in [1.807, 2.05) is 16.3 Å². The van der Waals surface area contributed by atoms with Gasteiger partial charge in [-0.05, 0) is 36.1 Å². The van der Waals surface area contributed by atoms with Gasteiger partial charge in [-0.3, -0.25) is 9.59 Å². The SMILES string of the molecule is O=C(NCC(=O)N1CC[C@H]2CCCC[C@@H]2C1)c1cccs1. The van der Waals surface area contributed by atoms with Gasteiger partial charge in [0.1, 0.15) is 0 Å². The van der Waals surface area contributed by atoms with Crippen LogP contribution < -0.4 is 5.32 Å². The van der Waals surface area contributed by atoms with Gasteiger partial charge in [-0.15, -0.1) is 11.3 Å². The van der Waals surface area contributed by atoms with Crippen molar-refractivity contribution in [3.8, 4) is 0 Å². The summed E-state index contributed by atoms with van der Waals surface area (Å²) in [7, 11) is 0. The van der Waals surface area contributed by atoms with Crippen molar-refractivity contribution in [3.63, 3.8) is 0 Å². The van der Waals surface area contributed by atoms with Crippen LogP contribution in [0.2, 0.25) is 0 Å². The minimum atomic E-state index is -0.147. The van der Waals surface area contributed by atoms with Crippen molar-refractivity contribution in [2.45, 2.75) is 32.1 Å². The van der Waals surface area contributed by atoms with Crippen molar-refractivity contribution in [2.75, 3.05) is 19.6 Å². The molecule has 1 aromatic heterocycles. The molecule has 0 bridgehead atoms. The summed E-state index contributed by atoms with van der Waals surface area (Å²) in [6, 6.07) is 3.62. The first-order valence-corrected chi connectivity index (χ1v) is 8.71. The summed E-state index contributed by atoms with van der Waals surface area (Å²) in [6.45, 7) is 1.86. The van der Waals surface area contributed by atoms with Gasteiger partial charge in [-0.1, -0.05) is 25.3 Å². The molecule has 0 unspecified atom stereocenters. The maximum absolute atomic E-state index is 12.3. The molecule has 1 aromatic rings. The molecule has 1 aliphatic carbocycles. The highest BCUT2D eigenvalue weighted by molar-refractivity contribution is 7.12. The molecule has 2 atom stereocenters. The minimum absolute atomic E-state index is 0.0592. The van der Waals surface area contributed by atoms with Gasteiger partial charge in [0.2, 0.25) is 5.91 Å². The number of amides is 2. The van der Waals surface area contributed by atoms with Crippen molar-refractivity contribution >= 4 is 23.2 Å². The Hall–Kier alpha value is -1.36. The zero-order valence-corrected chi connectivity index (χ0v) is 13.0. The number of rotatable bonds is 3. The van der Waals surface area contributed by atoms with E-state index in [9.17, 15) is 9.59 Å². The predicted octanol–water partition coefficient (Wildman–Crippen LogP) is 2.52. The molecular weight excluding hydrogens is 284 g/mol. The van der Waals surface area contributed by atoms with Crippen LogP contribution in [0.1, 0.15) is 41.8 Å². The summed E-state index contributed by atoms with van der Waals surface area (Å²) in [5.74, 6) is 1.42. The topological polar surface area (TPSA) is 49.4 Å². The average Bonchev–Trinajstić information content (AvgIpc) is 3.06. The molecule has 2 heterocycles. The predicted molar refractivity (Wildman–Crippen MR) is 83.3 cm³/mol. The normalized spacial score (nSPS) is 25.2. The van der Waals surface area contributed by atoms with Gasteiger partial charge in [0.25, 0.3) is 5.91 Å². The van der Waals surface area contributed by atoms with Crippen LogP contribution in [0.15, 0.2) is 17.5 Å². The lowest BCUT2D eigenvalue weighted by molar-refractivity contribution is -0.133. The lowest BCUT2D eigenvalue weighted by Gasteiger charge is -2.41. The van der Waals surface area contributed by atoms with Gasteiger partial charge in [-0.2, -0.15) is 0 Å². The fraction of sp³-hybridized carbons (Fsp3) is 0.625. The maximum Gasteiger partial charge on any atom is 0.261 e. The summed E-state index contributed by atoms with van der Waals surface area (Å²) in [4.78, 5) is 26.7. The number of piperidine rings is 1. The minimum Gasteiger partial charge on any atom is -0.342 e. The first-order chi connectivity index (χ1) is 10.2. The molecular formula is C16H22N2O2S. The number of nitrogens with zero attached hydrogens (tertiary/aromatic N) is 1. The lowest BCUT2D eigenvalue weighted by Crippen LogP contribution is -2.48. The molecule has 0 aromatic carbocycles. The summed E-state index contributed by atoms with van der Waals surface area (Å²) in [6.07, 6.45) is 6.39. The molecule has 1 saturated carbocycles. The Balaban J connectivity index is 1.48. The van der Waals surface area contributed by atoms with Crippen molar-refractivity contribution in [2.24, 2.45) is 11.8 Å². The Kier molecular flexibility index (Phi) is 4.58. The monoisotopic (exact) mass is 306 g/mol. The number of thiophene rings is 1. The number of hydrogen-bond donors (Lipinski definition) is 1. The third-order valence-corrected chi connectivity index (χ3v) is 5.66. The molecule has 2 fully saturated rings. The fourth-order valence-corrected chi connectivity index (χ4v) is 4.23. The quantitative estimate of drug-likeness (QED) is 0.933. The van der Waals surface area contributed by atoms with Gasteiger partial charge in [0, 0.05) is 13.1 Å².